The van der Waals surface area contributed by atoms with Gasteiger partial charge in [-0.2, -0.15) is 4.31 Å². The van der Waals surface area contributed by atoms with Crippen LogP contribution in [0.2, 0.25) is 0 Å². The molecule has 1 aromatic rings. The molecule has 1 aromatic heterocycles. The second-order valence-corrected chi connectivity index (χ2v) is 10.8. The van der Waals surface area contributed by atoms with Crippen LogP contribution in [0.1, 0.15) is 31.6 Å². The lowest BCUT2D eigenvalue weighted by Gasteiger charge is -2.31. The van der Waals surface area contributed by atoms with Crippen LogP contribution in [-0.4, -0.2) is 72.6 Å². The maximum atomic E-state index is 12.1. The zero-order valence-electron chi connectivity index (χ0n) is 17.9. The molecular formula is C16H24N2O14P2. The number of aryl methyl sites for hydroxylation is 1. The predicted octanol–water partition coefficient (Wildman–Crippen LogP) is -1.19. The number of ether oxygens (including phenoxy) is 2. The molecule has 3 heterocycles. The molecule has 3 unspecified atom stereocenters. The highest BCUT2D eigenvalue weighted by atomic mass is 31.3. The van der Waals surface area contributed by atoms with Gasteiger partial charge in [0.2, 0.25) is 6.29 Å². The monoisotopic (exact) mass is 530 g/mol. The second kappa shape index (κ2) is 10.2. The Bertz CT molecular complexity index is 1130. The van der Waals surface area contributed by atoms with Crippen LogP contribution < -0.4 is 11.2 Å². The number of aromatic amines is 1. The van der Waals surface area contributed by atoms with Crippen LogP contribution in [0.4, 0.5) is 0 Å². The number of carbonyl (C=O) groups excluding carboxylic acids is 1. The van der Waals surface area contributed by atoms with Crippen molar-refractivity contribution < 1.29 is 56.8 Å². The summed E-state index contributed by atoms with van der Waals surface area (Å²) in [6, 6.07) is 0. The highest BCUT2D eigenvalue weighted by molar-refractivity contribution is 7.61. The molecule has 16 nitrogen and oxygen atoms in total. The fourth-order valence-corrected chi connectivity index (χ4v) is 5.45. The van der Waals surface area contributed by atoms with Crippen molar-refractivity contribution in [2.75, 3.05) is 6.61 Å². The molecule has 18 heteroatoms. The van der Waals surface area contributed by atoms with Crippen molar-refractivity contribution in [3.63, 3.8) is 0 Å². The predicted molar refractivity (Wildman–Crippen MR) is 108 cm³/mol. The van der Waals surface area contributed by atoms with Crippen LogP contribution in [0, 0.1) is 6.92 Å². The van der Waals surface area contributed by atoms with Gasteiger partial charge in [0.25, 0.3) is 5.56 Å². The van der Waals surface area contributed by atoms with Crippen molar-refractivity contribution in [2.24, 2.45) is 0 Å². The maximum Gasteiger partial charge on any atom is 0.483 e. The number of H-pyrrole nitrogens is 1. The van der Waals surface area contributed by atoms with E-state index >= 15 is 0 Å². The van der Waals surface area contributed by atoms with Crippen molar-refractivity contribution >= 4 is 21.4 Å². The topological polar surface area (TPSA) is 233 Å². The first-order valence-corrected chi connectivity index (χ1v) is 12.9. The SMILES string of the molecule is Cc1cn([C@H]2C[C@H](O)[C@@H](COP(=O)(O)OP(=O)(O)OC3O[C@H](C)CC(=O)[C@H]3O)O2)c(=O)[nH]c1=O. The number of nitrogens with one attached hydrogen (secondary N) is 1. The molecule has 0 bridgehead atoms. The highest BCUT2D eigenvalue weighted by Gasteiger charge is 2.45. The Morgan fingerprint density at radius 3 is 2.53 bits per heavy atom. The van der Waals surface area contributed by atoms with E-state index in [1.54, 1.807) is 0 Å². The van der Waals surface area contributed by atoms with E-state index in [1.165, 1.54) is 20.0 Å². The zero-order valence-corrected chi connectivity index (χ0v) is 19.7. The molecule has 2 fully saturated rings. The largest absolute Gasteiger partial charge is 0.483 e. The molecule has 5 N–H and O–H groups in total. The fraction of sp³-hybridized carbons (Fsp3) is 0.688. The van der Waals surface area contributed by atoms with Crippen molar-refractivity contribution in [2.45, 2.75) is 63.6 Å². The molecule has 2 aliphatic rings. The summed E-state index contributed by atoms with van der Waals surface area (Å²) in [7, 11) is -10.7. The molecule has 3 rings (SSSR count). The van der Waals surface area contributed by atoms with Crippen molar-refractivity contribution in [3.05, 3.63) is 32.6 Å². The summed E-state index contributed by atoms with van der Waals surface area (Å²) in [4.78, 5) is 56.7. The van der Waals surface area contributed by atoms with Crippen LogP contribution in [0.15, 0.2) is 15.8 Å². The number of aliphatic hydroxyl groups is 2. The number of carbonyl (C=O) groups is 1. The number of phosphoric ester groups is 2. The third-order valence-electron chi connectivity index (χ3n) is 4.95. The van der Waals surface area contributed by atoms with Gasteiger partial charge in [-0.3, -0.25) is 28.2 Å². The molecule has 0 aromatic carbocycles. The quantitative estimate of drug-likeness (QED) is 0.249. The fourth-order valence-electron chi connectivity index (χ4n) is 3.30. The van der Waals surface area contributed by atoms with Gasteiger partial charge in [0.15, 0.2) is 11.9 Å². The van der Waals surface area contributed by atoms with Gasteiger partial charge in [0.05, 0.1) is 18.8 Å². The first-order chi connectivity index (χ1) is 15.7. The number of aliphatic hydroxyl groups excluding tert-OH is 2. The van der Waals surface area contributed by atoms with E-state index in [9.17, 15) is 43.5 Å². The van der Waals surface area contributed by atoms with Gasteiger partial charge in [-0.25, -0.2) is 13.9 Å². The number of aromatic nitrogens is 2. The minimum absolute atomic E-state index is 0.138. The van der Waals surface area contributed by atoms with E-state index in [-0.39, 0.29) is 18.4 Å². The molecule has 8 atom stereocenters. The van der Waals surface area contributed by atoms with E-state index in [2.05, 4.69) is 18.3 Å². The third kappa shape index (κ3) is 6.56. The lowest BCUT2D eigenvalue weighted by Crippen LogP contribution is -2.45. The lowest BCUT2D eigenvalue weighted by molar-refractivity contribution is -0.201. The molecule has 192 valence electrons. The highest BCUT2D eigenvalue weighted by Crippen LogP contribution is 2.61. The molecule has 34 heavy (non-hydrogen) atoms. The number of phosphoric acid groups is 2. The molecule has 0 amide bonds. The van der Waals surface area contributed by atoms with Crippen molar-refractivity contribution in [3.8, 4) is 0 Å². The molecule has 0 saturated carbocycles. The van der Waals surface area contributed by atoms with E-state index in [1.807, 2.05) is 0 Å². The van der Waals surface area contributed by atoms with E-state index < -0.39 is 76.2 Å². The van der Waals surface area contributed by atoms with Crippen LogP contribution in [0.3, 0.4) is 0 Å². The van der Waals surface area contributed by atoms with E-state index in [0.29, 0.717) is 0 Å². The summed E-state index contributed by atoms with van der Waals surface area (Å²) in [6.07, 6.45) is -7.27. The second-order valence-electron chi connectivity index (χ2n) is 7.76. The van der Waals surface area contributed by atoms with Gasteiger partial charge >= 0.3 is 21.3 Å². The van der Waals surface area contributed by atoms with Gasteiger partial charge in [0, 0.05) is 24.6 Å². The average Bonchev–Trinajstić information content (AvgIpc) is 3.06. The van der Waals surface area contributed by atoms with Gasteiger partial charge in [-0.15, -0.1) is 0 Å². The lowest BCUT2D eigenvalue weighted by atomic mass is 10.1. The first-order valence-electron chi connectivity index (χ1n) is 9.89. The van der Waals surface area contributed by atoms with Crippen LogP contribution in [-0.2, 0) is 36.8 Å². The summed E-state index contributed by atoms with van der Waals surface area (Å²) < 4.78 is 49.0. The standard InChI is InChI=1S/C16H24N2O14P2/c1-7-5-18(16(23)17-14(7)22)12-4-9(19)11(30-12)6-28-33(24,25)32-34(26,27)31-15-13(21)10(20)3-8(2)29-15/h5,8-9,11-13,15,19,21H,3-4,6H2,1-2H3,(H,24,25)(H,26,27)(H,17,22,23)/t8-,9+,11-,12-,13-,15?/m1/s1. The Morgan fingerprint density at radius 2 is 1.85 bits per heavy atom. The maximum absolute atomic E-state index is 12.1. The molecule has 0 radical (unpaired) electrons. The number of ketones is 1. The Labute approximate surface area is 191 Å². The van der Waals surface area contributed by atoms with E-state index in [4.69, 9.17) is 9.47 Å². The summed E-state index contributed by atoms with van der Waals surface area (Å²) >= 11 is 0. The molecule has 2 saturated heterocycles. The Balaban J connectivity index is 1.59. The van der Waals surface area contributed by atoms with Crippen molar-refractivity contribution in [1.82, 2.24) is 9.55 Å². The third-order valence-corrected chi connectivity index (χ3v) is 7.55. The minimum atomic E-state index is -5.38. The Kier molecular flexibility index (Phi) is 8.12. The van der Waals surface area contributed by atoms with Gasteiger partial charge in [-0.1, -0.05) is 0 Å². The summed E-state index contributed by atoms with van der Waals surface area (Å²) in [5.74, 6) is -0.731. The van der Waals surface area contributed by atoms with Gasteiger partial charge in [0.1, 0.15) is 12.3 Å². The molecule has 0 spiro atoms. The molecule has 2 aliphatic heterocycles. The number of hydrogen-bond acceptors (Lipinski definition) is 12. The van der Waals surface area contributed by atoms with E-state index in [0.717, 1.165) is 4.57 Å². The normalized spacial score (nSPS) is 33.4. The van der Waals surface area contributed by atoms with Crippen LogP contribution in [0.25, 0.3) is 0 Å². The molecule has 0 aliphatic carbocycles. The van der Waals surface area contributed by atoms with Crippen molar-refractivity contribution in [1.29, 1.82) is 0 Å². The summed E-state index contributed by atoms with van der Waals surface area (Å²) in [5.41, 5.74) is -1.20. The van der Waals surface area contributed by atoms with Gasteiger partial charge in [-0.05, 0) is 13.8 Å². The van der Waals surface area contributed by atoms with Gasteiger partial charge < -0.3 is 29.5 Å². The number of Topliss-reactive ketones (excluding diaryl/α,β-unsaturated/α-hetero) is 1. The van der Waals surface area contributed by atoms with Crippen LogP contribution >= 0.6 is 15.6 Å². The number of rotatable bonds is 8. The minimum Gasteiger partial charge on any atom is -0.390 e. The smallest absolute Gasteiger partial charge is 0.390 e. The zero-order chi connectivity index (χ0) is 25.4. The first kappa shape index (κ1) is 27.0. The number of nitrogens with zero attached hydrogens (tertiary/aromatic N) is 1. The number of hydrogen-bond donors (Lipinski definition) is 5. The summed E-state index contributed by atoms with van der Waals surface area (Å²) in [6.45, 7) is 2.08. The summed E-state index contributed by atoms with van der Waals surface area (Å²) in [5, 5.41) is 19.9. The molecular weight excluding hydrogens is 506 g/mol. The van der Waals surface area contributed by atoms with Crippen LogP contribution in [0.5, 0.6) is 0 Å². The Hall–Kier alpha value is -1.55. The Morgan fingerprint density at radius 1 is 1.18 bits per heavy atom. The average molecular weight is 530 g/mol.